The molecule has 0 aliphatic carbocycles. The van der Waals surface area contributed by atoms with Gasteiger partial charge in [0.05, 0.1) is 22.6 Å². The van der Waals surface area contributed by atoms with Gasteiger partial charge in [0.2, 0.25) is 0 Å². The molecule has 0 fully saturated rings. The quantitative estimate of drug-likeness (QED) is 0.164. The summed E-state index contributed by atoms with van der Waals surface area (Å²) in [5, 5.41) is 11.3. The van der Waals surface area contributed by atoms with Gasteiger partial charge in [-0.3, -0.25) is 0 Å². The molecule has 4 heteroatoms. The molecule has 274 valence electrons. The van der Waals surface area contributed by atoms with Crippen LogP contribution in [-0.2, 0) is 0 Å². The van der Waals surface area contributed by atoms with Gasteiger partial charge >= 0.3 is 0 Å². The lowest BCUT2D eigenvalue weighted by atomic mass is 9.92. The van der Waals surface area contributed by atoms with Crippen LogP contribution in [0.4, 0.5) is 0 Å². The summed E-state index contributed by atoms with van der Waals surface area (Å²) in [7, 11) is 0. The molecule has 12 aromatic rings. The molecule has 3 aromatic heterocycles. The molecule has 0 bridgehead atoms. The summed E-state index contributed by atoms with van der Waals surface area (Å²) >= 11 is 1.85. The number of pyridine rings is 1. The summed E-state index contributed by atoms with van der Waals surface area (Å²) in [5.74, 6) is 0.706. The lowest BCUT2D eigenvalue weighted by Gasteiger charge is -2.13. The van der Waals surface area contributed by atoms with Crippen molar-refractivity contribution in [3.8, 4) is 56.3 Å². The fraction of sp³-hybridized carbons (Fsp3) is 0. The highest BCUT2D eigenvalue weighted by molar-refractivity contribution is 7.26. The maximum absolute atomic E-state index is 5.53. The number of benzene rings is 9. The third-order valence-electron chi connectivity index (χ3n) is 11.7. The zero-order valence-corrected chi connectivity index (χ0v) is 32.6. The normalized spacial score (nSPS) is 11.7. The molecule has 0 aliphatic heterocycles. The minimum atomic E-state index is 0.706. The van der Waals surface area contributed by atoms with E-state index >= 15 is 0 Å². The number of thiophene rings is 1. The molecule has 0 radical (unpaired) electrons. The summed E-state index contributed by atoms with van der Waals surface area (Å²) in [6.45, 7) is 0. The molecular formula is C55H33N3S. The maximum Gasteiger partial charge on any atom is 0.160 e. The van der Waals surface area contributed by atoms with Crippen molar-refractivity contribution in [1.82, 2.24) is 15.0 Å². The van der Waals surface area contributed by atoms with Crippen LogP contribution in [0.1, 0.15) is 0 Å². The second kappa shape index (κ2) is 13.6. The minimum Gasteiger partial charge on any atom is -0.247 e. The van der Waals surface area contributed by atoms with Crippen molar-refractivity contribution in [2.24, 2.45) is 0 Å². The molecule has 0 aliphatic rings. The molecular weight excluding hydrogens is 735 g/mol. The van der Waals surface area contributed by atoms with Gasteiger partial charge in [0.25, 0.3) is 0 Å². The van der Waals surface area contributed by atoms with Crippen LogP contribution in [-0.4, -0.2) is 15.0 Å². The standard InChI is InChI=1S/C55H33N3S/c1-3-13-34(14-4-1)48-33-49(58-55(57-48)37-15-5-2-6-16-37)35-23-25-36(26-24-35)53-52-46-21-11-12-22-51(46)59-54(52)45-30-28-39(32-50(45)56-53)38-27-29-44-42-19-8-7-17-40(42)41-18-9-10-20-43(41)47(44)31-38/h1-33H. The average molecular weight is 768 g/mol. The van der Waals surface area contributed by atoms with Gasteiger partial charge in [-0.2, -0.15) is 0 Å². The molecule has 3 heterocycles. The first kappa shape index (κ1) is 33.6. The van der Waals surface area contributed by atoms with E-state index < -0.39 is 0 Å². The Morgan fingerprint density at radius 3 is 1.44 bits per heavy atom. The number of rotatable bonds is 5. The monoisotopic (exact) mass is 767 g/mol. The molecule has 0 saturated carbocycles. The highest BCUT2D eigenvalue weighted by Gasteiger charge is 2.18. The fourth-order valence-electron chi connectivity index (χ4n) is 8.81. The molecule has 0 spiro atoms. The van der Waals surface area contributed by atoms with Gasteiger partial charge in [-0.15, -0.1) is 11.3 Å². The fourth-order valence-corrected chi connectivity index (χ4v) is 10.0. The third kappa shape index (κ3) is 5.60. The molecule has 0 N–H and O–H groups in total. The Morgan fingerprint density at radius 1 is 0.305 bits per heavy atom. The smallest absolute Gasteiger partial charge is 0.160 e. The van der Waals surface area contributed by atoms with Crippen LogP contribution in [0, 0.1) is 0 Å². The van der Waals surface area contributed by atoms with Crippen molar-refractivity contribution in [3.63, 3.8) is 0 Å². The Hall–Kier alpha value is -7.53. The van der Waals surface area contributed by atoms with Crippen LogP contribution in [0.15, 0.2) is 200 Å². The predicted octanol–water partition coefficient (Wildman–Crippen LogP) is 15.2. The Morgan fingerprint density at radius 2 is 0.780 bits per heavy atom. The highest BCUT2D eigenvalue weighted by atomic mass is 32.1. The summed E-state index contributed by atoms with van der Waals surface area (Å²) in [4.78, 5) is 15.6. The first-order chi connectivity index (χ1) is 29.2. The maximum atomic E-state index is 5.53. The number of hydrogen-bond donors (Lipinski definition) is 0. The first-order valence-corrected chi connectivity index (χ1v) is 20.7. The molecule has 0 atom stereocenters. The van der Waals surface area contributed by atoms with Crippen molar-refractivity contribution in [1.29, 1.82) is 0 Å². The average Bonchev–Trinajstić information content (AvgIpc) is 3.72. The van der Waals surface area contributed by atoms with Gasteiger partial charge in [0, 0.05) is 47.8 Å². The van der Waals surface area contributed by atoms with Crippen LogP contribution in [0.5, 0.6) is 0 Å². The largest absolute Gasteiger partial charge is 0.247 e. The van der Waals surface area contributed by atoms with Crippen molar-refractivity contribution in [3.05, 3.63) is 200 Å². The van der Waals surface area contributed by atoms with E-state index in [2.05, 4.69) is 164 Å². The Kier molecular flexibility index (Phi) is 7.72. The van der Waals surface area contributed by atoms with Gasteiger partial charge in [-0.1, -0.05) is 176 Å². The topological polar surface area (TPSA) is 38.7 Å². The second-order valence-corrected chi connectivity index (χ2v) is 16.2. The first-order valence-electron chi connectivity index (χ1n) is 19.9. The van der Waals surface area contributed by atoms with Crippen LogP contribution >= 0.6 is 11.3 Å². The Bertz CT molecular complexity index is 3500. The summed E-state index contributed by atoms with van der Waals surface area (Å²) in [5.41, 5.74) is 10.2. The number of nitrogens with zero attached hydrogens (tertiary/aromatic N) is 3. The highest BCUT2D eigenvalue weighted by Crippen LogP contribution is 2.44. The molecule has 3 nitrogen and oxygen atoms in total. The van der Waals surface area contributed by atoms with E-state index in [1.54, 1.807) is 0 Å². The lowest BCUT2D eigenvalue weighted by molar-refractivity contribution is 1.18. The van der Waals surface area contributed by atoms with E-state index in [0.29, 0.717) is 5.82 Å². The van der Waals surface area contributed by atoms with Crippen LogP contribution in [0.25, 0.3) is 120 Å². The number of hydrogen-bond acceptors (Lipinski definition) is 4. The van der Waals surface area contributed by atoms with E-state index in [4.69, 9.17) is 15.0 Å². The van der Waals surface area contributed by atoms with Crippen molar-refractivity contribution in [2.75, 3.05) is 0 Å². The summed E-state index contributed by atoms with van der Waals surface area (Å²) in [6.07, 6.45) is 0. The van der Waals surface area contributed by atoms with Crippen molar-refractivity contribution >= 4 is 74.7 Å². The Labute approximate surface area is 344 Å². The molecule has 0 saturated heterocycles. The number of fused-ring (bicyclic) bond motifs is 11. The predicted molar refractivity (Wildman–Crippen MR) is 250 cm³/mol. The molecule has 9 aromatic carbocycles. The van der Waals surface area contributed by atoms with Crippen molar-refractivity contribution < 1.29 is 0 Å². The number of aromatic nitrogens is 3. The summed E-state index contributed by atoms with van der Waals surface area (Å²) in [6, 6.07) is 71.3. The van der Waals surface area contributed by atoms with Gasteiger partial charge in [0.1, 0.15) is 0 Å². The minimum absolute atomic E-state index is 0.706. The van der Waals surface area contributed by atoms with Crippen LogP contribution < -0.4 is 0 Å². The van der Waals surface area contributed by atoms with Crippen molar-refractivity contribution in [2.45, 2.75) is 0 Å². The van der Waals surface area contributed by atoms with Gasteiger partial charge in [-0.25, -0.2) is 15.0 Å². The zero-order valence-electron chi connectivity index (χ0n) is 31.8. The molecule has 0 amide bonds. The van der Waals surface area contributed by atoms with E-state index in [-0.39, 0.29) is 0 Å². The van der Waals surface area contributed by atoms with E-state index in [9.17, 15) is 0 Å². The van der Waals surface area contributed by atoms with Gasteiger partial charge in [-0.05, 0) is 67.7 Å². The van der Waals surface area contributed by atoms with Crippen LogP contribution in [0.2, 0.25) is 0 Å². The molecule has 12 rings (SSSR count). The van der Waals surface area contributed by atoms with Gasteiger partial charge in [0.15, 0.2) is 5.82 Å². The van der Waals surface area contributed by atoms with Crippen LogP contribution in [0.3, 0.4) is 0 Å². The zero-order chi connectivity index (χ0) is 38.9. The Balaban J connectivity index is 1.01. The van der Waals surface area contributed by atoms with E-state index in [1.807, 2.05) is 47.7 Å². The lowest BCUT2D eigenvalue weighted by Crippen LogP contribution is -1.96. The molecule has 0 unspecified atom stereocenters. The molecule has 59 heavy (non-hydrogen) atoms. The summed E-state index contributed by atoms with van der Waals surface area (Å²) < 4.78 is 2.52. The van der Waals surface area contributed by atoms with Gasteiger partial charge < -0.3 is 0 Å². The SMILES string of the molecule is c1ccc(-c2cc(-c3ccc(-c4nc5cc(-c6ccc7c8ccccc8c8ccccc8c7c6)ccc5c5sc6ccccc6c45)cc3)nc(-c3ccccc3)n2)cc1. The third-order valence-corrected chi connectivity index (χ3v) is 12.9. The van der Waals surface area contributed by atoms with E-state index in [1.165, 1.54) is 63.4 Å². The second-order valence-electron chi connectivity index (χ2n) is 15.1. The van der Waals surface area contributed by atoms with E-state index in [0.717, 1.165) is 50.4 Å².